The molecule has 2 aliphatic rings. The number of nitrogen functional groups attached to an aromatic ring is 1. The zero-order chi connectivity index (χ0) is 33.5. The molecule has 1 aliphatic carbocycles. The molecule has 0 bridgehead atoms. The lowest BCUT2D eigenvalue weighted by molar-refractivity contribution is -0.165. The van der Waals surface area contributed by atoms with Gasteiger partial charge in [0.1, 0.15) is 23.5 Å². The fourth-order valence-electron chi connectivity index (χ4n) is 4.69. The van der Waals surface area contributed by atoms with Crippen LogP contribution in [0.2, 0.25) is 0 Å². The molecule has 2 aromatic heterocycles. The summed E-state index contributed by atoms with van der Waals surface area (Å²) >= 11 is 0.969. The lowest BCUT2D eigenvalue weighted by atomic mass is 9.98. The van der Waals surface area contributed by atoms with Crippen LogP contribution >= 0.6 is 11.3 Å². The molecule has 0 spiro atoms. The summed E-state index contributed by atoms with van der Waals surface area (Å²) in [6, 6.07) is -2.86. The van der Waals surface area contributed by atoms with Crippen molar-refractivity contribution in [2.75, 3.05) is 32.0 Å². The molecule has 252 valence electrons. The van der Waals surface area contributed by atoms with Crippen LogP contribution in [0, 0.1) is 0 Å². The van der Waals surface area contributed by atoms with Crippen LogP contribution in [0.25, 0.3) is 0 Å². The molecule has 0 aromatic carbocycles. The number of anilines is 1. The molecule has 1 saturated heterocycles. The van der Waals surface area contributed by atoms with Crippen LogP contribution in [0.15, 0.2) is 21.7 Å². The van der Waals surface area contributed by atoms with Gasteiger partial charge < -0.3 is 42.5 Å². The first kappa shape index (κ1) is 34.4. The average molecular weight is 687 g/mol. The quantitative estimate of drug-likeness (QED) is 0.0231. The van der Waals surface area contributed by atoms with Crippen LogP contribution in [-0.4, -0.2) is 116 Å². The van der Waals surface area contributed by atoms with Crippen molar-refractivity contribution in [3.63, 3.8) is 0 Å². The lowest BCUT2D eigenvalue weighted by Gasteiger charge is -2.43. The van der Waals surface area contributed by atoms with E-state index in [0.717, 1.165) is 16.1 Å². The number of nitrogens with two attached hydrogens (primary N) is 3. The average Bonchev–Trinajstić information content (AvgIpc) is 3.76. The van der Waals surface area contributed by atoms with Crippen LogP contribution in [0.1, 0.15) is 37.1 Å². The SMILES string of the molecule is NCCOCCNC(N)=NCc1cnn(C[C@@H]2[C@H](NC(=O)/C(=N\OC3(C(=O)O)CCCC3)c3csc(N)n3)C(=O)N2S(=O)(=O)O)n1. The van der Waals surface area contributed by atoms with Gasteiger partial charge in [-0.05, 0) is 12.8 Å². The van der Waals surface area contributed by atoms with Crippen molar-refractivity contribution in [2.24, 2.45) is 21.6 Å². The molecule has 1 saturated carbocycles. The van der Waals surface area contributed by atoms with E-state index in [0.29, 0.717) is 44.8 Å². The van der Waals surface area contributed by atoms with Crippen molar-refractivity contribution < 1.29 is 42.0 Å². The lowest BCUT2D eigenvalue weighted by Crippen LogP contribution is -2.73. The number of aliphatic imine (C=N–C) groups is 1. The number of hydrogen-bond donors (Lipinski definition) is 7. The number of ether oxygens (including phenoxy) is 1. The number of thiazole rings is 1. The number of carbonyl (C=O) groups is 3. The highest BCUT2D eigenvalue weighted by atomic mass is 32.2. The second kappa shape index (κ2) is 14.8. The predicted octanol–water partition coefficient (Wildman–Crippen LogP) is -2.99. The number of β-lactam (4-membered cyclic amide) rings is 1. The number of carboxylic acids is 1. The van der Waals surface area contributed by atoms with Crippen LogP contribution in [0.3, 0.4) is 0 Å². The maximum absolute atomic E-state index is 13.4. The molecule has 2 amide bonds. The van der Waals surface area contributed by atoms with Crippen LogP contribution < -0.4 is 27.8 Å². The number of aliphatic carboxylic acids is 1. The summed E-state index contributed by atoms with van der Waals surface area (Å²) in [6.45, 7) is 1.19. The largest absolute Gasteiger partial charge is 0.478 e. The number of carbonyl (C=O) groups excluding carboxylic acids is 2. The van der Waals surface area contributed by atoms with Crippen molar-refractivity contribution in [3.05, 3.63) is 23.0 Å². The first-order chi connectivity index (χ1) is 21.8. The Morgan fingerprint density at radius 3 is 2.63 bits per heavy atom. The highest BCUT2D eigenvalue weighted by molar-refractivity contribution is 7.84. The second-order valence-corrected chi connectivity index (χ2v) is 12.3. The molecule has 21 nitrogen and oxygen atoms in total. The number of nitrogens with one attached hydrogen (secondary N) is 2. The van der Waals surface area contributed by atoms with Crippen molar-refractivity contribution in [3.8, 4) is 0 Å². The first-order valence-electron chi connectivity index (χ1n) is 13.9. The topological polar surface area (TPSA) is 318 Å². The van der Waals surface area contributed by atoms with Gasteiger partial charge in [-0.2, -0.15) is 23.4 Å². The Morgan fingerprint density at radius 2 is 2.00 bits per heavy atom. The standard InChI is InChI=1S/C23H34N12O9S2/c24-5-7-43-8-6-27-21(25)28-9-13-10-29-34(32-13)11-15-17(19(37)35(15)46(40,41)42)31-18(36)16(14-12-45-22(26)30-14)33-44-23(20(38)39)3-1-2-4-23/h10,12,15,17H,1-9,11,24H2,(H2,26,30)(H,31,36)(H,38,39)(H3,25,27,28)(H,40,41,42)/b33-16-/t15-,17+/m1/s1. The highest BCUT2D eigenvalue weighted by Gasteiger charge is 2.55. The van der Waals surface area contributed by atoms with Gasteiger partial charge in [-0.1, -0.05) is 5.16 Å². The van der Waals surface area contributed by atoms with Gasteiger partial charge in [0, 0.05) is 31.3 Å². The van der Waals surface area contributed by atoms with E-state index >= 15 is 0 Å². The molecule has 0 radical (unpaired) electrons. The Hall–Kier alpha value is -4.45. The normalized spacial score (nSPS) is 20.0. The van der Waals surface area contributed by atoms with E-state index in [9.17, 15) is 32.5 Å². The van der Waals surface area contributed by atoms with Gasteiger partial charge in [-0.15, -0.1) is 11.3 Å². The molecule has 1 aliphatic heterocycles. The van der Waals surface area contributed by atoms with E-state index in [-0.39, 0.29) is 47.0 Å². The van der Waals surface area contributed by atoms with E-state index in [1.54, 1.807) is 0 Å². The Kier molecular flexibility index (Phi) is 11.0. The minimum absolute atomic E-state index is 0.00267. The van der Waals surface area contributed by atoms with Crippen molar-refractivity contribution in [1.29, 1.82) is 0 Å². The number of guanidine groups is 1. The zero-order valence-corrected chi connectivity index (χ0v) is 25.9. The molecule has 2 atom stereocenters. The number of rotatable bonds is 16. The predicted molar refractivity (Wildman–Crippen MR) is 160 cm³/mol. The van der Waals surface area contributed by atoms with Gasteiger partial charge in [0.05, 0.1) is 32.5 Å². The Bertz CT molecular complexity index is 1590. The summed E-state index contributed by atoms with van der Waals surface area (Å²) < 4.78 is 39.1. The van der Waals surface area contributed by atoms with Crippen molar-refractivity contribution in [1.82, 2.24) is 34.9 Å². The van der Waals surface area contributed by atoms with Gasteiger partial charge in [-0.25, -0.2) is 19.1 Å². The fourth-order valence-corrected chi connectivity index (χ4v) is 6.11. The van der Waals surface area contributed by atoms with Gasteiger partial charge in [0.2, 0.25) is 5.60 Å². The minimum atomic E-state index is -5.04. The number of carboxylic acid groups (broad SMARTS) is 1. The molecular weight excluding hydrogens is 652 g/mol. The van der Waals surface area contributed by atoms with Gasteiger partial charge in [0.15, 0.2) is 16.8 Å². The third-order valence-electron chi connectivity index (χ3n) is 6.96. The number of amides is 2. The molecule has 46 heavy (non-hydrogen) atoms. The fraction of sp³-hybridized carbons (Fsp3) is 0.565. The van der Waals surface area contributed by atoms with Gasteiger partial charge >= 0.3 is 16.3 Å². The summed E-state index contributed by atoms with van der Waals surface area (Å²) in [5.41, 5.74) is 15.0. The Labute approximate surface area is 266 Å². The second-order valence-electron chi connectivity index (χ2n) is 10.2. The molecule has 4 rings (SSSR count). The zero-order valence-electron chi connectivity index (χ0n) is 24.3. The van der Waals surface area contributed by atoms with Crippen molar-refractivity contribution >= 4 is 56.2 Å². The Morgan fingerprint density at radius 1 is 1.26 bits per heavy atom. The molecule has 10 N–H and O–H groups in total. The molecule has 23 heteroatoms. The third-order valence-corrected chi connectivity index (χ3v) is 8.58. The summed E-state index contributed by atoms with van der Waals surface area (Å²) in [5.74, 6) is -3.33. The van der Waals surface area contributed by atoms with E-state index in [1.807, 2.05) is 0 Å². The molecule has 3 heterocycles. The highest BCUT2D eigenvalue weighted by Crippen LogP contribution is 2.34. The summed E-state index contributed by atoms with van der Waals surface area (Å²) in [5, 5.41) is 28.4. The van der Waals surface area contributed by atoms with Crippen molar-refractivity contribution in [2.45, 2.75) is 56.5 Å². The number of oxime groups is 1. The molecule has 2 aromatic rings. The molecule has 0 unspecified atom stereocenters. The summed E-state index contributed by atoms with van der Waals surface area (Å²) in [7, 11) is -5.04. The van der Waals surface area contributed by atoms with E-state index < -0.39 is 51.5 Å². The van der Waals surface area contributed by atoms with E-state index in [2.05, 4.69) is 36.0 Å². The van der Waals surface area contributed by atoms with Crippen LogP contribution in [0.4, 0.5) is 5.13 Å². The first-order valence-corrected chi connectivity index (χ1v) is 16.2. The molecule has 2 fully saturated rings. The minimum Gasteiger partial charge on any atom is -0.478 e. The van der Waals surface area contributed by atoms with Gasteiger partial charge in [0.25, 0.3) is 11.8 Å². The van der Waals surface area contributed by atoms with Crippen LogP contribution in [-0.2, 0) is 47.4 Å². The summed E-state index contributed by atoms with van der Waals surface area (Å²) in [6.07, 6.45) is 2.79. The summed E-state index contributed by atoms with van der Waals surface area (Å²) in [4.78, 5) is 52.7. The van der Waals surface area contributed by atoms with Gasteiger partial charge in [-0.3, -0.25) is 14.1 Å². The monoisotopic (exact) mass is 686 g/mol. The van der Waals surface area contributed by atoms with Crippen LogP contribution in [0.5, 0.6) is 0 Å². The third kappa shape index (κ3) is 8.22. The maximum atomic E-state index is 13.4. The number of aromatic nitrogens is 4. The number of nitrogens with zero attached hydrogens (tertiary/aromatic N) is 7. The van der Waals surface area contributed by atoms with E-state index in [1.165, 1.54) is 11.6 Å². The smallest absolute Gasteiger partial charge is 0.362 e. The van der Waals surface area contributed by atoms with E-state index in [4.69, 9.17) is 26.8 Å². The Balaban J connectivity index is 1.48. The molecular formula is C23H34N12O9S2. The number of hydrogen-bond acceptors (Lipinski definition) is 15. The maximum Gasteiger partial charge on any atom is 0.362 e.